The van der Waals surface area contributed by atoms with Crippen molar-refractivity contribution >= 4 is 34.2 Å². The van der Waals surface area contributed by atoms with Gasteiger partial charge in [-0.25, -0.2) is 4.98 Å². The van der Waals surface area contributed by atoms with Crippen LogP contribution in [0.2, 0.25) is 5.02 Å². The van der Waals surface area contributed by atoms with Crippen LogP contribution in [0.5, 0.6) is 0 Å². The molecule has 1 aromatic heterocycles. The standard InChI is InChI=1S/C8H9ClINO2/c1-12-8(13-2)5-3-6(9)7(10)11-4-5/h3-4,8H,1-2H3. The molecule has 0 saturated carbocycles. The Kier molecular flexibility index (Phi) is 4.37. The lowest BCUT2D eigenvalue weighted by Crippen LogP contribution is -2.04. The van der Waals surface area contributed by atoms with Gasteiger partial charge in [0.25, 0.3) is 0 Å². The van der Waals surface area contributed by atoms with E-state index in [2.05, 4.69) is 27.6 Å². The molecule has 0 amide bonds. The van der Waals surface area contributed by atoms with Gasteiger partial charge >= 0.3 is 0 Å². The third-order valence-corrected chi connectivity index (χ3v) is 2.98. The Balaban J connectivity index is 2.95. The molecule has 1 heterocycles. The number of hydrogen-bond donors (Lipinski definition) is 0. The maximum Gasteiger partial charge on any atom is 0.184 e. The van der Waals surface area contributed by atoms with Gasteiger partial charge in [-0.05, 0) is 28.7 Å². The molecule has 3 nitrogen and oxygen atoms in total. The van der Waals surface area contributed by atoms with E-state index in [0.717, 1.165) is 9.26 Å². The number of methoxy groups -OCH3 is 2. The molecule has 0 aromatic carbocycles. The average Bonchev–Trinajstić information content (AvgIpc) is 2.13. The maximum atomic E-state index is 5.89. The van der Waals surface area contributed by atoms with Crippen molar-refractivity contribution in [1.29, 1.82) is 0 Å². The minimum atomic E-state index is -0.401. The maximum absolute atomic E-state index is 5.89. The van der Waals surface area contributed by atoms with Crippen LogP contribution in [0.15, 0.2) is 12.3 Å². The molecule has 1 aromatic rings. The number of halogens is 2. The summed E-state index contributed by atoms with van der Waals surface area (Å²) in [5, 5.41) is 0.609. The van der Waals surface area contributed by atoms with Crippen LogP contribution >= 0.6 is 34.2 Å². The Hall–Kier alpha value is 0.0900. The van der Waals surface area contributed by atoms with E-state index in [0.29, 0.717) is 5.02 Å². The third kappa shape index (κ3) is 2.77. The lowest BCUT2D eigenvalue weighted by molar-refractivity contribution is -0.106. The first-order valence-corrected chi connectivity index (χ1v) is 5.01. The third-order valence-electron chi connectivity index (χ3n) is 1.52. The van der Waals surface area contributed by atoms with Gasteiger partial charge in [0.1, 0.15) is 3.70 Å². The molecule has 0 atom stereocenters. The van der Waals surface area contributed by atoms with Crippen molar-refractivity contribution in [2.24, 2.45) is 0 Å². The largest absolute Gasteiger partial charge is 0.352 e. The highest BCUT2D eigenvalue weighted by Crippen LogP contribution is 2.22. The fraction of sp³-hybridized carbons (Fsp3) is 0.375. The second-order valence-electron chi connectivity index (χ2n) is 2.34. The summed E-state index contributed by atoms with van der Waals surface area (Å²) in [6, 6.07) is 1.79. The van der Waals surface area contributed by atoms with Crippen LogP contribution in [0.4, 0.5) is 0 Å². The first-order chi connectivity index (χ1) is 6.19. The van der Waals surface area contributed by atoms with Gasteiger partial charge < -0.3 is 9.47 Å². The number of hydrogen-bond acceptors (Lipinski definition) is 3. The predicted molar refractivity (Wildman–Crippen MR) is 58.7 cm³/mol. The fourth-order valence-electron chi connectivity index (χ4n) is 0.933. The van der Waals surface area contributed by atoms with Crippen LogP contribution < -0.4 is 0 Å². The summed E-state index contributed by atoms with van der Waals surface area (Å²) in [7, 11) is 3.14. The monoisotopic (exact) mass is 313 g/mol. The molecule has 0 spiro atoms. The molecule has 0 saturated heterocycles. The zero-order valence-corrected chi connectivity index (χ0v) is 10.2. The quantitative estimate of drug-likeness (QED) is 0.488. The minimum absolute atomic E-state index is 0.401. The van der Waals surface area contributed by atoms with E-state index in [4.69, 9.17) is 21.1 Å². The first-order valence-electron chi connectivity index (χ1n) is 3.55. The van der Waals surface area contributed by atoms with E-state index >= 15 is 0 Å². The predicted octanol–water partition coefficient (Wildman–Crippen LogP) is 2.63. The highest BCUT2D eigenvalue weighted by atomic mass is 127. The van der Waals surface area contributed by atoms with E-state index in [1.807, 2.05) is 0 Å². The Bertz CT molecular complexity index is 291. The Morgan fingerprint density at radius 1 is 1.46 bits per heavy atom. The lowest BCUT2D eigenvalue weighted by Gasteiger charge is -2.13. The van der Waals surface area contributed by atoms with Crippen LogP contribution in [0.3, 0.4) is 0 Å². The molecule has 0 unspecified atom stereocenters. The van der Waals surface area contributed by atoms with E-state index in [-0.39, 0.29) is 0 Å². The molecular weight excluding hydrogens is 304 g/mol. The van der Waals surface area contributed by atoms with Crippen LogP contribution in [-0.4, -0.2) is 19.2 Å². The van der Waals surface area contributed by atoms with Gasteiger partial charge in [-0.3, -0.25) is 0 Å². The van der Waals surface area contributed by atoms with Crippen molar-refractivity contribution in [1.82, 2.24) is 4.98 Å². The summed E-state index contributed by atoms with van der Waals surface area (Å²) in [4.78, 5) is 4.09. The van der Waals surface area contributed by atoms with Crippen molar-refractivity contribution < 1.29 is 9.47 Å². The molecule has 0 N–H and O–H groups in total. The molecule has 0 radical (unpaired) electrons. The second-order valence-corrected chi connectivity index (χ2v) is 3.77. The average molecular weight is 314 g/mol. The normalized spacial score (nSPS) is 10.8. The van der Waals surface area contributed by atoms with Crippen LogP contribution in [0.1, 0.15) is 11.9 Å². The van der Waals surface area contributed by atoms with E-state index in [1.165, 1.54) is 0 Å². The Morgan fingerprint density at radius 2 is 2.08 bits per heavy atom. The molecule has 13 heavy (non-hydrogen) atoms. The van der Waals surface area contributed by atoms with Crippen molar-refractivity contribution in [2.75, 3.05) is 14.2 Å². The van der Waals surface area contributed by atoms with Gasteiger partial charge in [0.15, 0.2) is 6.29 Å². The zero-order valence-electron chi connectivity index (χ0n) is 7.25. The van der Waals surface area contributed by atoms with E-state index < -0.39 is 6.29 Å². The van der Waals surface area contributed by atoms with E-state index in [1.54, 1.807) is 26.5 Å². The van der Waals surface area contributed by atoms with Gasteiger partial charge in [-0.2, -0.15) is 0 Å². The summed E-state index contributed by atoms with van der Waals surface area (Å²) >= 11 is 7.95. The van der Waals surface area contributed by atoms with Crippen molar-refractivity contribution in [3.05, 3.63) is 26.5 Å². The second kappa shape index (κ2) is 5.09. The Labute approximate surface area is 95.5 Å². The Morgan fingerprint density at radius 3 is 2.54 bits per heavy atom. The highest BCUT2D eigenvalue weighted by Gasteiger charge is 2.10. The van der Waals surface area contributed by atoms with Crippen molar-refractivity contribution in [3.63, 3.8) is 0 Å². The van der Waals surface area contributed by atoms with Crippen LogP contribution in [0, 0.1) is 3.70 Å². The highest BCUT2D eigenvalue weighted by molar-refractivity contribution is 14.1. The lowest BCUT2D eigenvalue weighted by atomic mass is 10.3. The molecule has 5 heteroatoms. The number of nitrogens with zero attached hydrogens (tertiary/aromatic N) is 1. The van der Waals surface area contributed by atoms with Gasteiger partial charge in [0.05, 0.1) is 5.02 Å². The van der Waals surface area contributed by atoms with E-state index in [9.17, 15) is 0 Å². The number of rotatable bonds is 3. The van der Waals surface area contributed by atoms with Gasteiger partial charge in [0, 0.05) is 26.0 Å². The van der Waals surface area contributed by atoms with Gasteiger partial charge in [-0.15, -0.1) is 0 Å². The first kappa shape index (κ1) is 11.2. The van der Waals surface area contributed by atoms with Crippen LogP contribution in [0.25, 0.3) is 0 Å². The summed E-state index contributed by atoms with van der Waals surface area (Å²) in [5.41, 5.74) is 0.815. The molecule has 0 fully saturated rings. The fourth-order valence-corrected chi connectivity index (χ4v) is 1.40. The van der Waals surface area contributed by atoms with Crippen molar-refractivity contribution in [3.8, 4) is 0 Å². The van der Waals surface area contributed by atoms with Gasteiger partial charge in [0.2, 0.25) is 0 Å². The zero-order chi connectivity index (χ0) is 9.84. The molecule has 0 bridgehead atoms. The summed E-state index contributed by atoms with van der Waals surface area (Å²) < 4.78 is 10.9. The SMILES string of the molecule is COC(OC)c1cnc(I)c(Cl)c1. The number of pyridine rings is 1. The topological polar surface area (TPSA) is 31.4 Å². The molecule has 0 aliphatic carbocycles. The molecular formula is C8H9ClINO2. The minimum Gasteiger partial charge on any atom is -0.352 e. The molecule has 0 aliphatic heterocycles. The molecule has 0 aliphatic rings. The number of aromatic nitrogens is 1. The molecule has 72 valence electrons. The smallest absolute Gasteiger partial charge is 0.184 e. The summed E-state index contributed by atoms with van der Waals surface area (Å²) in [5.74, 6) is 0. The van der Waals surface area contributed by atoms with Crippen LogP contribution in [-0.2, 0) is 9.47 Å². The summed E-state index contributed by atoms with van der Waals surface area (Å²) in [6.45, 7) is 0. The van der Waals surface area contributed by atoms with Crippen molar-refractivity contribution in [2.45, 2.75) is 6.29 Å². The summed E-state index contributed by atoms with van der Waals surface area (Å²) in [6.07, 6.45) is 1.28. The molecule has 1 rings (SSSR count). The van der Waals surface area contributed by atoms with Gasteiger partial charge in [-0.1, -0.05) is 11.6 Å². The number of ether oxygens (including phenoxy) is 2.